The van der Waals surface area contributed by atoms with Crippen LogP contribution >= 0.6 is 0 Å². The van der Waals surface area contributed by atoms with Gasteiger partial charge in [-0.25, -0.2) is 38.6 Å². The van der Waals surface area contributed by atoms with E-state index in [9.17, 15) is 38.4 Å². The van der Waals surface area contributed by atoms with Gasteiger partial charge in [0.1, 0.15) is 61.9 Å². The van der Waals surface area contributed by atoms with Gasteiger partial charge >= 0.3 is 36.4 Å². The molecule has 0 N–H and O–H groups in total. The molecule has 6 fully saturated rings. The van der Waals surface area contributed by atoms with Crippen LogP contribution in [-0.2, 0) is 80.4 Å². The summed E-state index contributed by atoms with van der Waals surface area (Å²) in [5, 5.41) is 3.04. The quantitative estimate of drug-likeness (QED) is 0.0486. The van der Waals surface area contributed by atoms with E-state index in [0.29, 0.717) is 4.90 Å². The number of esters is 2. The molecule has 0 radical (unpaired) electrons. The van der Waals surface area contributed by atoms with Crippen LogP contribution < -0.4 is 0 Å². The summed E-state index contributed by atoms with van der Waals surface area (Å²) in [7, 11) is -0.735. The van der Waals surface area contributed by atoms with E-state index in [4.69, 9.17) is 66.8 Å². The Balaban J connectivity index is 1.44. The van der Waals surface area contributed by atoms with E-state index in [0.717, 1.165) is 33.0 Å². The summed E-state index contributed by atoms with van der Waals surface area (Å²) >= 11 is 0. The van der Waals surface area contributed by atoms with Crippen molar-refractivity contribution >= 4 is 56.6 Å². The van der Waals surface area contributed by atoms with Gasteiger partial charge in [-0.05, 0) is 30.1 Å². The largest absolute Gasteiger partial charge is 0.508 e. The standard InChI is InChI=1S/C37H51N5O21Si/c1-17(43)41-23-19(56-31(41)47)13-36(29(45)51-6,55-12-10-11-39-40-38)61-27(23)25-21(15-53-33(49)58-25)60-37(30(46)52-7)14-20-24(42(18(2)44)32(48)57-20)28(62-37)26-22(16-54-34(50)59-26)63-64(8,9)35(3,4)5/h19-28H,10-16H2,1-9H3/t19-,20-,21?,22?,23+,24+,25?,26?,27+,28+,36+,37+/m0/s1. The van der Waals surface area contributed by atoms with Crippen LogP contribution in [0, 0.1) is 0 Å². The second kappa shape index (κ2) is 18.3. The van der Waals surface area contributed by atoms with Gasteiger partial charge in [0.05, 0.1) is 33.7 Å². The number of methoxy groups -OCH3 is 2. The molecule has 6 heterocycles. The Morgan fingerprint density at radius 2 is 1.23 bits per heavy atom. The zero-order valence-corrected chi connectivity index (χ0v) is 37.5. The zero-order chi connectivity index (χ0) is 47.1. The molecule has 64 heavy (non-hydrogen) atoms. The molecule has 27 heteroatoms. The van der Waals surface area contributed by atoms with Gasteiger partial charge < -0.3 is 61.3 Å². The monoisotopic (exact) mass is 929 g/mol. The lowest BCUT2D eigenvalue weighted by atomic mass is 9.86. The van der Waals surface area contributed by atoms with Gasteiger partial charge in [-0.3, -0.25) is 9.59 Å². The maximum Gasteiger partial charge on any atom is 0.508 e. The van der Waals surface area contributed by atoms with Crippen molar-refractivity contribution in [3.05, 3.63) is 10.4 Å². The fourth-order valence-electron chi connectivity index (χ4n) is 8.29. The average molecular weight is 930 g/mol. The minimum atomic E-state index is -2.74. The molecule has 12 atom stereocenters. The highest BCUT2D eigenvalue weighted by Gasteiger charge is 2.68. The number of nitrogens with zero attached hydrogens (tertiary/aromatic N) is 5. The van der Waals surface area contributed by atoms with Gasteiger partial charge in [-0.1, -0.05) is 25.9 Å². The van der Waals surface area contributed by atoms with Crippen molar-refractivity contribution in [1.29, 1.82) is 0 Å². The van der Waals surface area contributed by atoms with Crippen molar-refractivity contribution in [2.45, 2.75) is 145 Å². The van der Waals surface area contributed by atoms with Gasteiger partial charge in [-0.15, -0.1) is 0 Å². The molecule has 0 aromatic heterocycles. The molecule has 0 aliphatic carbocycles. The highest BCUT2D eigenvalue weighted by molar-refractivity contribution is 6.74. The molecule has 0 aromatic carbocycles. The number of amides is 4. The summed E-state index contributed by atoms with van der Waals surface area (Å²) < 4.78 is 75.3. The van der Waals surface area contributed by atoms with E-state index in [1.165, 1.54) is 0 Å². The molecule has 26 nitrogen and oxygen atoms in total. The lowest BCUT2D eigenvalue weighted by molar-refractivity contribution is -0.351. The molecular weight excluding hydrogens is 879 g/mol. The maximum atomic E-state index is 14.3. The molecule has 6 aliphatic heterocycles. The number of ether oxygens (including phenoxy) is 12. The third-order valence-electron chi connectivity index (χ3n) is 12.2. The predicted molar refractivity (Wildman–Crippen MR) is 206 cm³/mol. The molecule has 6 rings (SSSR count). The highest BCUT2D eigenvalue weighted by Crippen LogP contribution is 2.47. The molecule has 0 aromatic rings. The van der Waals surface area contributed by atoms with Crippen LogP contribution in [0.15, 0.2) is 5.11 Å². The van der Waals surface area contributed by atoms with Crippen molar-refractivity contribution in [2.24, 2.45) is 5.11 Å². The van der Waals surface area contributed by atoms with Gasteiger partial charge in [0.15, 0.2) is 20.5 Å². The molecular formula is C37H51N5O21Si. The number of carbonyl (C=O) groups excluding carboxylic acids is 8. The lowest BCUT2D eigenvalue weighted by Gasteiger charge is -2.51. The average Bonchev–Trinajstić information content (AvgIpc) is 3.75. The Labute approximate surface area is 366 Å². The molecule has 0 saturated carbocycles. The fourth-order valence-corrected chi connectivity index (χ4v) is 9.61. The van der Waals surface area contributed by atoms with Crippen LogP contribution in [0.1, 0.15) is 53.9 Å². The fraction of sp³-hybridized carbons (Fsp3) is 0.784. The van der Waals surface area contributed by atoms with E-state index < -0.39 is 154 Å². The Hall–Kier alpha value is -5.31. The minimum absolute atomic E-state index is 0.0575. The van der Waals surface area contributed by atoms with Crippen molar-refractivity contribution in [2.75, 3.05) is 40.6 Å². The maximum absolute atomic E-state index is 14.3. The molecule has 6 aliphatic rings. The summed E-state index contributed by atoms with van der Waals surface area (Å²) in [6.07, 6.45) is -18.4. The number of azide groups is 1. The van der Waals surface area contributed by atoms with Crippen molar-refractivity contribution in [3.8, 4) is 0 Å². The van der Waals surface area contributed by atoms with Crippen LogP contribution in [-0.4, -0.2) is 179 Å². The third-order valence-corrected chi connectivity index (χ3v) is 16.7. The highest BCUT2D eigenvalue weighted by atomic mass is 28.4. The number of fused-ring (bicyclic) bond motifs is 2. The molecule has 4 unspecified atom stereocenters. The van der Waals surface area contributed by atoms with E-state index in [-0.39, 0.29) is 26.2 Å². The van der Waals surface area contributed by atoms with Crippen molar-refractivity contribution < 1.29 is 99.6 Å². The number of cyclic esters (lactones) is 4. The van der Waals surface area contributed by atoms with Crippen LogP contribution in [0.25, 0.3) is 10.4 Å². The van der Waals surface area contributed by atoms with Gasteiger partial charge in [0.2, 0.25) is 11.8 Å². The predicted octanol–water partition coefficient (Wildman–Crippen LogP) is 2.34. The van der Waals surface area contributed by atoms with E-state index in [2.05, 4.69) is 10.0 Å². The Morgan fingerprint density at radius 3 is 1.72 bits per heavy atom. The summed E-state index contributed by atoms with van der Waals surface area (Å²) in [4.78, 5) is 111. The topological polar surface area (TPSA) is 312 Å². The smallest absolute Gasteiger partial charge is 0.465 e. The van der Waals surface area contributed by atoms with Crippen LogP contribution in [0.3, 0.4) is 0 Å². The third kappa shape index (κ3) is 9.01. The number of hydrogen-bond donors (Lipinski definition) is 0. The first-order valence-electron chi connectivity index (χ1n) is 20.2. The van der Waals surface area contributed by atoms with Crippen molar-refractivity contribution in [1.82, 2.24) is 9.80 Å². The first-order valence-corrected chi connectivity index (χ1v) is 23.1. The summed E-state index contributed by atoms with van der Waals surface area (Å²) in [6, 6.07) is -2.82. The van der Waals surface area contributed by atoms with Crippen LogP contribution in [0.2, 0.25) is 18.1 Å². The zero-order valence-electron chi connectivity index (χ0n) is 36.5. The summed E-state index contributed by atoms with van der Waals surface area (Å²) in [6.45, 7) is 10.4. The molecule has 0 spiro atoms. The first-order chi connectivity index (χ1) is 30.0. The molecule has 0 bridgehead atoms. The Kier molecular flexibility index (Phi) is 13.8. The number of rotatable bonds is 13. The SMILES string of the molecule is COC(=O)[C@@]1(OCCCN=[N+]=[N-])C[C@@H]2OC(=O)N(C(C)=O)[C@H]2[C@H](C2OC(=O)OCC2O[C@]2(C(=O)OC)C[C@@H]3OC(=O)N(C(C)=O)[C@H]3[C@H](C3OC(=O)OCC3O[Si](C)(C)C(C)(C)C)O2)O1. The van der Waals surface area contributed by atoms with Gasteiger partial charge in [0, 0.05) is 25.3 Å². The molecule has 6 saturated heterocycles. The van der Waals surface area contributed by atoms with Crippen LogP contribution in [0.4, 0.5) is 19.2 Å². The van der Waals surface area contributed by atoms with Gasteiger partial charge in [-0.2, -0.15) is 0 Å². The van der Waals surface area contributed by atoms with E-state index >= 15 is 0 Å². The lowest BCUT2D eigenvalue weighted by Crippen LogP contribution is -2.71. The second-order valence-electron chi connectivity index (χ2n) is 17.2. The second-order valence-corrected chi connectivity index (χ2v) is 21.9. The summed E-state index contributed by atoms with van der Waals surface area (Å²) in [5.41, 5.74) is 8.73. The van der Waals surface area contributed by atoms with E-state index in [1.807, 2.05) is 33.9 Å². The minimum Gasteiger partial charge on any atom is -0.465 e. The van der Waals surface area contributed by atoms with Gasteiger partial charge in [0.25, 0.3) is 11.6 Å². The van der Waals surface area contributed by atoms with E-state index in [1.54, 1.807) is 0 Å². The Bertz CT molecular complexity index is 1960. The summed E-state index contributed by atoms with van der Waals surface area (Å²) in [5.74, 6) is -9.14. The van der Waals surface area contributed by atoms with Crippen molar-refractivity contribution in [3.63, 3.8) is 0 Å². The Morgan fingerprint density at radius 1 is 0.766 bits per heavy atom. The normalized spacial score (nSPS) is 34.9. The molecule has 4 amide bonds. The van der Waals surface area contributed by atoms with Crippen LogP contribution in [0.5, 0.6) is 0 Å². The first kappa shape index (κ1) is 48.1. The number of carbonyl (C=O) groups is 8. The number of hydrogen-bond acceptors (Lipinski definition) is 22. The molecule has 354 valence electrons. The number of imide groups is 2.